The highest BCUT2D eigenvalue weighted by Gasteiger charge is 2.56. The van der Waals surface area contributed by atoms with Gasteiger partial charge in [0.25, 0.3) is 0 Å². The van der Waals surface area contributed by atoms with Crippen LogP contribution >= 0.6 is 0 Å². The van der Waals surface area contributed by atoms with Crippen molar-refractivity contribution in [3.8, 4) is 0 Å². The molecule has 3 rings (SSSR count). The lowest BCUT2D eigenvalue weighted by molar-refractivity contribution is -0.146. The summed E-state index contributed by atoms with van der Waals surface area (Å²) in [4.78, 5) is 23.5. The van der Waals surface area contributed by atoms with E-state index in [0.29, 0.717) is 30.1 Å². The van der Waals surface area contributed by atoms with Gasteiger partial charge in [-0.05, 0) is 67.3 Å². The van der Waals surface area contributed by atoms with Crippen LogP contribution in [0.2, 0.25) is 0 Å². The second-order valence-electron chi connectivity index (χ2n) is 8.64. The van der Waals surface area contributed by atoms with E-state index in [1.807, 2.05) is 6.08 Å². The van der Waals surface area contributed by atoms with Crippen molar-refractivity contribution >= 4 is 11.8 Å². The first-order valence-corrected chi connectivity index (χ1v) is 9.27. The molecule has 1 N–H and O–H groups in total. The van der Waals surface area contributed by atoms with Crippen molar-refractivity contribution in [3.63, 3.8) is 0 Å². The summed E-state index contributed by atoms with van der Waals surface area (Å²) in [5.41, 5.74) is -0.688. The predicted octanol–water partition coefficient (Wildman–Crippen LogP) is 4.47. The van der Waals surface area contributed by atoms with Crippen molar-refractivity contribution in [1.82, 2.24) is 0 Å². The van der Waals surface area contributed by atoms with Crippen molar-refractivity contribution in [1.29, 1.82) is 0 Å². The van der Waals surface area contributed by atoms with E-state index in [9.17, 15) is 14.7 Å². The highest BCUT2D eigenvalue weighted by atomic mass is 16.4. The second kappa shape index (κ2) is 5.75. The Balaban J connectivity index is 1.69. The molecule has 128 valence electrons. The Kier molecular flexibility index (Phi) is 4.18. The zero-order valence-corrected chi connectivity index (χ0v) is 14.7. The normalized spacial score (nSPS) is 39.9. The van der Waals surface area contributed by atoms with Gasteiger partial charge in [0, 0.05) is 0 Å². The zero-order chi connectivity index (χ0) is 16.8. The number of ketones is 1. The molecule has 5 unspecified atom stereocenters. The Morgan fingerprint density at radius 2 is 1.87 bits per heavy atom. The fourth-order valence-corrected chi connectivity index (χ4v) is 5.69. The summed E-state index contributed by atoms with van der Waals surface area (Å²) in [5.74, 6) is 1.46. The Morgan fingerprint density at radius 3 is 2.48 bits per heavy atom. The van der Waals surface area contributed by atoms with E-state index in [0.717, 1.165) is 11.8 Å². The lowest BCUT2D eigenvalue weighted by atomic mass is 9.60. The minimum Gasteiger partial charge on any atom is -0.480 e. The molecule has 0 aliphatic heterocycles. The average molecular weight is 318 g/mol. The minimum atomic E-state index is -1.09. The van der Waals surface area contributed by atoms with Crippen molar-refractivity contribution in [3.05, 3.63) is 12.2 Å². The summed E-state index contributed by atoms with van der Waals surface area (Å²) in [6.07, 6.45) is 11.1. The van der Waals surface area contributed by atoms with E-state index in [-0.39, 0.29) is 5.78 Å². The number of allylic oxidation sites excluding steroid dienone is 2. The Labute approximate surface area is 139 Å². The molecule has 3 aliphatic rings. The van der Waals surface area contributed by atoms with Gasteiger partial charge in [0.05, 0.1) is 0 Å². The molecule has 3 fully saturated rings. The van der Waals surface area contributed by atoms with Gasteiger partial charge in [0.1, 0.15) is 5.41 Å². The van der Waals surface area contributed by atoms with E-state index in [1.165, 1.54) is 32.1 Å². The Bertz CT molecular complexity index is 531. The molecular formula is C20H30O3. The first-order chi connectivity index (χ1) is 10.8. The summed E-state index contributed by atoms with van der Waals surface area (Å²) in [7, 11) is 0. The molecule has 0 aromatic carbocycles. The highest BCUT2D eigenvalue weighted by molar-refractivity contribution is 6.11. The van der Waals surface area contributed by atoms with Crippen LogP contribution in [0, 0.1) is 34.5 Å². The van der Waals surface area contributed by atoms with E-state index in [2.05, 4.69) is 20.8 Å². The Morgan fingerprint density at radius 1 is 1.17 bits per heavy atom. The van der Waals surface area contributed by atoms with Gasteiger partial charge in [0.15, 0.2) is 5.78 Å². The van der Waals surface area contributed by atoms with Gasteiger partial charge in [-0.2, -0.15) is 0 Å². The molecule has 0 aromatic heterocycles. The molecule has 3 saturated carbocycles. The first-order valence-electron chi connectivity index (χ1n) is 9.27. The number of hydrogen-bond acceptors (Lipinski definition) is 2. The van der Waals surface area contributed by atoms with Crippen molar-refractivity contribution in [2.75, 3.05) is 0 Å². The third-order valence-corrected chi connectivity index (χ3v) is 7.36. The molecule has 0 bridgehead atoms. The number of hydrogen-bond donors (Lipinski definition) is 1. The van der Waals surface area contributed by atoms with Crippen LogP contribution in [-0.2, 0) is 9.59 Å². The third kappa shape index (κ3) is 2.66. The van der Waals surface area contributed by atoms with Crippen molar-refractivity contribution < 1.29 is 14.7 Å². The van der Waals surface area contributed by atoms with Crippen LogP contribution in [0.5, 0.6) is 0 Å². The topological polar surface area (TPSA) is 54.4 Å². The molecule has 3 nitrogen and oxygen atoms in total. The van der Waals surface area contributed by atoms with Crippen LogP contribution in [0.3, 0.4) is 0 Å². The number of carboxylic acid groups (broad SMARTS) is 1. The maximum absolute atomic E-state index is 12.2. The largest absolute Gasteiger partial charge is 0.480 e. The minimum absolute atomic E-state index is 0.200. The molecule has 3 heteroatoms. The number of fused-ring (bicyclic) bond motifs is 1. The molecule has 5 atom stereocenters. The van der Waals surface area contributed by atoms with E-state index in [1.54, 1.807) is 6.08 Å². The fraction of sp³-hybridized carbons (Fsp3) is 0.800. The maximum atomic E-state index is 12.2. The lowest BCUT2D eigenvalue weighted by Crippen LogP contribution is -2.38. The van der Waals surface area contributed by atoms with Gasteiger partial charge in [-0.1, -0.05) is 39.7 Å². The van der Waals surface area contributed by atoms with Crippen LogP contribution < -0.4 is 0 Å². The maximum Gasteiger partial charge on any atom is 0.317 e. The number of carbonyl (C=O) groups excluding carboxylic acids is 1. The number of carbonyl (C=O) groups is 2. The van der Waals surface area contributed by atoms with Crippen LogP contribution in [0.1, 0.15) is 65.7 Å². The lowest BCUT2D eigenvalue weighted by Gasteiger charge is -2.45. The Hall–Kier alpha value is -1.12. The first kappa shape index (κ1) is 16.7. The quantitative estimate of drug-likeness (QED) is 0.601. The van der Waals surface area contributed by atoms with Gasteiger partial charge in [-0.15, -0.1) is 0 Å². The number of aliphatic carboxylic acids is 1. The monoisotopic (exact) mass is 318 g/mol. The zero-order valence-electron chi connectivity index (χ0n) is 14.7. The third-order valence-electron chi connectivity index (χ3n) is 7.36. The van der Waals surface area contributed by atoms with E-state index < -0.39 is 11.4 Å². The standard InChI is InChI=1S/C20H30O3/c1-13-5-4-10-19(3)15(13)7-8-16(19)14(2)6-9-17(21)20(11-12-20)18(22)23/h6,9,13-16H,4-5,7-8,10-12H2,1-3H3,(H,22,23)/b9-6+. The SMILES string of the molecule is CC(/C=C/C(=O)C1(C(=O)O)CC1)C1CCC2C(C)CCCC12C. The molecule has 0 amide bonds. The summed E-state index contributed by atoms with van der Waals surface area (Å²) in [6.45, 7) is 7.07. The van der Waals surface area contributed by atoms with E-state index in [4.69, 9.17) is 0 Å². The van der Waals surface area contributed by atoms with Crippen LogP contribution in [0.15, 0.2) is 12.2 Å². The van der Waals surface area contributed by atoms with Gasteiger partial charge < -0.3 is 5.11 Å². The molecule has 0 saturated heterocycles. The van der Waals surface area contributed by atoms with Gasteiger partial charge in [-0.3, -0.25) is 9.59 Å². The van der Waals surface area contributed by atoms with Gasteiger partial charge >= 0.3 is 5.97 Å². The number of carboxylic acids is 1. The van der Waals surface area contributed by atoms with E-state index >= 15 is 0 Å². The second-order valence-corrected chi connectivity index (χ2v) is 8.64. The summed E-state index contributed by atoms with van der Waals surface area (Å²) >= 11 is 0. The molecule has 0 spiro atoms. The average Bonchev–Trinajstić information content (AvgIpc) is 3.23. The molecule has 3 aliphatic carbocycles. The number of rotatable bonds is 5. The molecule has 0 heterocycles. The highest BCUT2D eigenvalue weighted by Crippen LogP contribution is 2.59. The predicted molar refractivity (Wildman–Crippen MR) is 89.9 cm³/mol. The van der Waals surface area contributed by atoms with Crippen LogP contribution in [0.25, 0.3) is 0 Å². The van der Waals surface area contributed by atoms with Crippen LogP contribution in [-0.4, -0.2) is 16.9 Å². The summed E-state index contributed by atoms with van der Waals surface area (Å²) in [6, 6.07) is 0. The van der Waals surface area contributed by atoms with Gasteiger partial charge in [0.2, 0.25) is 0 Å². The fourth-order valence-electron chi connectivity index (χ4n) is 5.69. The summed E-state index contributed by atoms with van der Waals surface area (Å²) < 4.78 is 0. The molecule has 0 aromatic rings. The summed E-state index contributed by atoms with van der Waals surface area (Å²) in [5, 5.41) is 9.22. The van der Waals surface area contributed by atoms with Crippen LogP contribution in [0.4, 0.5) is 0 Å². The van der Waals surface area contributed by atoms with Crippen molar-refractivity contribution in [2.24, 2.45) is 34.5 Å². The molecule has 0 radical (unpaired) electrons. The van der Waals surface area contributed by atoms with Gasteiger partial charge in [-0.25, -0.2) is 0 Å². The molecular weight excluding hydrogens is 288 g/mol. The van der Waals surface area contributed by atoms with Crippen molar-refractivity contribution in [2.45, 2.75) is 65.7 Å². The molecule has 23 heavy (non-hydrogen) atoms. The smallest absolute Gasteiger partial charge is 0.317 e.